The first-order chi connectivity index (χ1) is 9.97. The molecule has 0 N–H and O–H groups in total. The van der Waals surface area contributed by atoms with Crippen molar-refractivity contribution in [2.24, 2.45) is 0 Å². The Hall–Kier alpha value is -1.89. The van der Waals surface area contributed by atoms with Gasteiger partial charge in [0.05, 0.1) is 19.4 Å². The van der Waals surface area contributed by atoms with Crippen LogP contribution in [0, 0.1) is 0 Å². The van der Waals surface area contributed by atoms with E-state index >= 15 is 0 Å². The molecule has 0 radical (unpaired) electrons. The van der Waals surface area contributed by atoms with Gasteiger partial charge in [-0.05, 0) is 12.8 Å². The van der Waals surface area contributed by atoms with Crippen molar-refractivity contribution in [2.75, 3.05) is 13.7 Å². The quantitative estimate of drug-likeness (QED) is 0.791. The van der Waals surface area contributed by atoms with Crippen molar-refractivity contribution in [3.05, 3.63) is 22.1 Å². The lowest BCUT2D eigenvalue weighted by Gasteiger charge is -2.10. The van der Waals surface area contributed by atoms with Crippen LogP contribution in [0.4, 0.5) is 0 Å². The van der Waals surface area contributed by atoms with E-state index in [2.05, 4.69) is 9.84 Å². The fourth-order valence-corrected chi connectivity index (χ4v) is 3.02. The van der Waals surface area contributed by atoms with E-state index in [0.29, 0.717) is 16.4 Å². The van der Waals surface area contributed by atoms with Gasteiger partial charge in [-0.3, -0.25) is 9.59 Å². The molecule has 0 fully saturated rings. The van der Waals surface area contributed by atoms with Crippen LogP contribution in [0.25, 0.3) is 10.1 Å². The minimum absolute atomic E-state index is 0.126. The molecule has 0 unspecified atom stereocenters. The number of thiophene rings is 1. The standard InChI is InChI=1S/C14H18N2O4S/c1-5-20-11-6-9-12(8(2)3)15-16(7-10(17)19-4)14(18)13(9)21-11/h6,8H,5,7H2,1-4H3. The molecule has 0 aromatic carbocycles. The van der Waals surface area contributed by atoms with Crippen LogP contribution in [0.5, 0.6) is 5.06 Å². The van der Waals surface area contributed by atoms with Gasteiger partial charge in [-0.1, -0.05) is 25.2 Å². The molecule has 0 aliphatic heterocycles. The number of esters is 1. The third kappa shape index (κ3) is 3.07. The van der Waals surface area contributed by atoms with E-state index in [1.807, 2.05) is 26.8 Å². The lowest BCUT2D eigenvalue weighted by molar-refractivity contribution is -0.141. The summed E-state index contributed by atoms with van der Waals surface area (Å²) in [5.74, 6) is -0.374. The van der Waals surface area contributed by atoms with E-state index in [0.717, 1.165) is 15.8 Å². The van der Waals surface area contributed by atoms with Crippen molar-refractivity contribution >= 4 is 27.4 Å². The van der Waals surface area contributed by atoms with Crippen LogP contribution in [0.3, 0.4) is 0 Å². The Balaban J connectivity index is 2.64. The molecule has 0 saturated heterocycles. The predicted molar refractivity (Wildman–Crippen MR) is 81.2 cm³/mol. The van der Waals surface area contributed by atoms with E-state index in [-0.39, 0.29) is 18.0 Å². The summed E-state index contributed by atoms with van der Waals surface area (Å²) in [5, 5.41) is 5.80. The smallest absolute Gasteiger partial charge is 0.327 e. The summed E-state index contributed by atoms with van der Waals surface area (Å²) < 4.78 is 11.8. The largest absolute Gasteiger partial charge is 0.484 e. The highest BCUT2D eigenvalue weighted by molar-refractivity contribution is 7.20. The normalized spacial score (nSPS) is 11.1. The molecule has 0 aliphatic carbocycles. The molecule has 0 amide bonds. The summed E-state index contributed by atoms with van der Waals surface area (Å²) in [6.45, 7) is 6.22. The first-order valence-electron chi connectivity index (χ1n) is 6.72. The molecule has 6 nitrogen and oxygen atoms in total. The number of ether oxygens (including phenoxy) is 2. The number of methoxy groups -OCH3 is 1. The molecule has 0 bridgehead atoms. The van der Waals surface area contributed by atoms with Crippen LogP contribution in [-0.4, -0.2) is 29.5 Å². The zero-order valence-corrected chi connectivity index (χ0v) is 13.3. The number of fused-ring (bicyclic) bond motifs is 1. The van der Waals surface area contributed by atoms with Gasteiger partial charge in [-0.25, -0.2) is 4.68 Å². The fourth-order valence-electron chi connectivity index (χ4n) is 2.00. The SMILES string of the molecule is CCOc1cc2c(C(C)C)nn(CC(=O)OC)c(=O)c2s1. The highest BCUT2D eigenvalue weighted by Crippen LogP contribution is 2.33. The first kappa shape index (κ1) is 15.5. The van der Waals surface area contributed by atoms with Crippen LogP contribution < -0.4 is 10.3 Å². The molecule has 2 heterocycles. The van der Waals surface area contributed by atoms with Gasteiger partial charge in [-0.15, -0.1) is 0 Å². The van der Waals surface area contributed by atoms with Gasteiger partial charge >= 0.3 is 5.97 Å². The summed E-state index contributed by atoms with van der Waals surface area (Å²) in [6.07, 6.45) is 0. The van der Waals surface area contributed by atoms with E-state index < -0.39 is 5.97 Å². The van der Waals surface area contributed by atoms with Crippen molar-refractivity contribution in [1.29, 1.82) is 0 Å². The van der Waals surface area contributed by atoms with Crippen molar-refractivity contribution in [1.82, 2.24) is 9.78 Å². The van der Waals surface area contributed by atoms with Gasteiger partial charge in [0.2, 0.25) is 0 Å². The van der Waals surface area contributed by atoms with Gasteiger partial charge in [0.1, 0.15) is 11.2 Å². The molecule has 21 heavy (non-hydrogen) atoms. The number of hydrogen-bond acceptors (Lipinski definition) is 6. The van der Waals surface area contributed by atoms with Crippen molar-refractivity contribution < 1.29 is 14.3 Å². The second-order valence-corrected chi connectivity index (χ2v) is 5.83. The number of aromatic nitrogens is 2. The third-order valence-electron chi connectivity index (χ3n) is 2.98. The first-order valence-corrected chi connectivity index (χ1v) is 7.53. The van der Waals surface area contributed by atoms with Gasteiger partial charge in [0.25, 0.3) is 5.56 Å². The average molecular weight is 310 g/mol. The Labute approximate surface area is 126 Å². The molecule has 0 saturated carbocycles. The molecule has 2 rings (SSSR count). The maximum absolute atomic E-state index is 12.4. The molecule has 2 aromatic rings. The number of carbonyl (C=O) groups excluding carboxylic acids is 1. The lowest BCUT2D eigenvalue weighted by Crippen LogP contribution is -2.28. The second-order valence-electron chi connectivity index (χ2n) is 4.82. The topological polar surface area (TPSA) is 70.4 Å². The summed E-state index contributed by atoms with van der Waals surface area (Å²) in [6, 6.07) is 1.84. The second kappa shape index (κ2) is 6.26. The fraction of sp³-hybridized carbons (Fsp3) is 0.500. The number of nitrogens with zero attached hydrogens (tertiary/aromatic N) is 2. The predicted octanol–water partition coefficient (Wildman–Crippen LogP) is 2.15. The van der Waals surface area contributed by atoms with Gasteiger partial charge < -0.3 is 9.47 Å². The van der Waals surface area contributed by atoms with Crippen LogP contribution in [0.2, 0.25) is 0 Å². The van der Waals surface area contributed by atoms with E-state index in [9.17, 15) is 9.59 Å². The van der Waals surface area contributed by atoms with Crippen molar-refractivity contribution in [3.63, 3.8) is 0 Å². The van der Waals surface area contributed by atoms with Crippen molar-refractivity contribution in [3.8, 4) is 5.06 Å². The van der Waals surface area contributed by atoms with E-state index in [1.165, 1.54) is 18.4 Å². The monoisotopic (exact) mass is 310 g/mol. The Bertz CT molecular complexity index is 718. The summed E-state index contributed by atoms with van der Waals surface area (Å²) in [4.78, 5) is 23.8. The van der Waals surface area contributed by atoms with Gasteiger partial charge in [0.15, 0.2) is 5.06 Å². The lowest BCUT2D eigenvalue weighted by atomic mass is 10.1. The zero-order chi connectivity index (χ0) is 15.6. The molecular weight excluding hydrogens is 292 g/mol. The van der Waals surface area contributed by atoms with E-state index in [4.69, 9.17) is 4.74 Å². The molecule has 0 atom stereocenters. The van der Waals surface area contributed by atoms with Crippen molar-refractivity contribution in [2.45, 2.75) is 33.2 Å². The highest BCUT2D eigenvalue weighted by atomic mass is 32.1. The van der Waals surface area contributed by atoms with Crippen LogP contribution >= 0.6 is 11.3 Å². The Morgan fingerprint density at radius 3 is 2.76 bits per heavy atom. The maximum Gasteiger partial charge on any atom is 0.327 e. The minimum atomic E-state index is -0.500. The zero-order valence-electron chi connectivity index (χ0n) is 12.5. The maximum atomic E-state index is 12.4. The average Bonchev–Trinajstić information content (AvgIpc) is 2.85. The molecule has 114 valence electrons. The van der Waals surface area contributed by atoms with Crippen LogP contribution in [-0.2, 0) is 16.1 Å². The van der Waals surface area contributed by atoms with Gasteiger partial charge in [-0.2, -0.15) is 5.10 Å². The molecule has 0 spiro atoms. The summed E-state index contributed by atoms with van der Waals surface area (Å²) in [7, 11) is 1.29. The molecule has 2 aromatic heterocycles. The minimum Gasteiger partial charge on any atom is -0.484 e. The Morgan fingerprint density at radius 1 is 1.48 bits per heavy atom. The van der Waals surface area contributed by atoms with Crippen LogP contribution in [0.1, 0.15) is 32.4 Å². The Kier molecular flexibility index (Phi) is 4.62. The van der Waals surface area contributed by atoms with Crippen LogP contribution in [0.15, 0.2) is 10.9 Å². The molecule has 0 aliphatic rings. The third-order valence-corrected chi connectivity index (χ3v) is 4.02. The molecular formula is C14H18N2O4S. The Morgan fingerprint density at radius 2 is 2.19 bits per heavy atom. The summed E-state index contributed by atoms with van der Waals surface area (Å²) >= 11 is 1.28. The number of hydrogen-bond donors (Lipinski definition) is 0. The van der Waals surface area contributed by atoms with Gasteiger partial charge in [0, 0.05) is 11.5 Å². The highest BCUT2D eigenvalue weighted by Gasteiger charge is 2.18. The molecule has 7 heteroatoms. The number of carbonyl (C=O) groups is 1. The summed E-state index contributed by atoms with van der Waals surface area (Å²) in [5.41, 5.74) is 0.478. The van der Waals surface area contributed by atoms with E-state index in [1.54, 1.807) is 0 Å². The number of rotatable bonds is 5.